The van der Waals surface area contributed by atoms with Gasteiger partial charge >= 0.3 is 0 Å². The molecule has 6 nitrogen and oxygen atoms in total. The lowest BCUT2D eigenvalue weighted by Gasteiger charge is -2.36. The van der Waals surface area contributed by atoms with Crippen LogP contribution in [0.5, 0.6) is 0 Å². The molecule has 0 heterocycles. The van der Waals surface area contributed by atoms with E-state index in [1.807, 2.05) is 109 Å². The minimum Gasteiger partial charge on any atom is -0.388 e. The molecule has 6 aromatic rings. The fourth-order valence-electron chi connectivity index (χ4n) is 11.3. The Morgan fingerprint density at radius 3 is 0.634 bits per heavy atom. The van der Waals surface area contributed by atoms with Crippen molar-refractivity contribution in [3.05, 3.63) is 215 Å². The van der Waals surface area contributed by atoms with E-state index in [9.17, 15) is 10.2 Å². The SMILES string of the molecule is CCCCCCCCCCCCCCCCOC[C@@H](O)COC(c1ccccc1)(c1ccccc1)c1ccccc1.CCCCCCCCCCCCCCCCOC[C@@H](O)COC(c1ccccc1)(c1ccccc1)c1ccccc1. The summed E-state index contributed by atoms with van der Waals surface area (Å²) in [6.07, 6.45) is 36.3. The molecular weight excluding hydrogens is 1010 g/mol. The molecule has 2 atom stereocenters. The Kier molecular flexibility index (Phi) is 36.2. The third-order valence-electron chi connectivity index (χ3n) is 16.0. The predicted octanol–water partition coefficient (Wildman–Crippen LogP) is 19.7. The second kappa shape index (κ2) is 43.7. The summed E-state index contributed by atoms with van der Waals surface area (Å²) >= 11 is 0. The lowest BCUT2D eigenvalue weighted by Crippen LogP contribution is -2.36. The molecule has 0 aliphatic rings. The highest BCUT2D eigenvalue weighted by molar-refractivity contribution is 5.49. The van der Waals surface area contributed by atoms with Gasteiger partial charge in [0.15, 0.2) is 0 Å². The van der Waals surface area contributed by atoms with Gasteiger partial charge in [0.05, 0.1) is 26.4 Å². The lowest BCUT2D eigenvalue weighted by molar-refractivity contribution is -0.0641. The topological polar surface area (TPSA) is 77.4 Å². The molecule has 0 amide bonds. The number of hydrogen-bond donors (Lipinski definition) is 2. The van der Waals surface area contributed by atoms with E-state index >= 15 is 0 Å². The summed E-state index contributed by atoms with van der Waals surface area (Å²) in [7, 11) is 0. The molecule has 0 unspecified atom stereocenters. The van der Waals surface area contributed by atoms with E-state index in [-0.39, 0.29) is 26.4 Å². The van der Waals surface area contributed by atoms with Crippen molar-refractivity contribution in [3.63, 3.8) is 0 Å². The first-order chi connectivity index (χ1) is 40.5. The Balaban J connectivity index is 0.000000301. The summed E-state index contributed by atoms with van der Waals surface area (Å²) < 4.78 is 25.1. The molecule has 0 radical (unpaired) electrons. The van der Waals surface area contributed by atoms with Crippen LogP contribution < -0.4 is 0 Å². The van der Waals surface area contributed by atoms with Gasteiger partial charge in [0.2, 0.25) is 0 Å². The highest BCUT2D eigenvalue weighted by Crippen LogP contribution is 2.42. The predicted molar refractivity (Wildman–Crippen MR) is 345 cm³/mol. The van der Waals surface area contributed by atoms with Crippen LogP contribution in [-0.2, 0) is 30.1 Å². The number of aliphatic hydroxyl groups excluding tert-OH is 2. The number of rotatable bonds is 46. The van der Waals surface area contributed by atoms with Crippen molar-refractivity contribution in [1.29, 1.82) is 0 Å². The van der Waals surface area contributed by atoms with Gasteiger partial charge in [-0.1, -0.05) is 363 Å². The molecule has 6 rings (SSSR count). The molecule has 6 heteroatoms. The summed E-state index contributed by atoms with van der Waals surface area (Å²) in [6.45, 7) is 6.87. The molecule has 0 bridgehead atoms. The van der Waals surface area contributed by atoms with Crippen LogP contribution in [0.4, 0.5) is 0 Å². The van der Waals surface area contributed by atoms with E-state index < -0.39 is 23.4 Å². The Bertz CT molecular complexity index is 1990. The Labute approximate surface area is 498 Å². The zero-order valence-corrected chi connectivity index (χ0v) is 51.0. The lowest BCUT2D eigenvalue weighted by atomic mass is 9.80. The smallest absolute Gasteiger partial charge is 0.143 e. The van der Waals surface area contributed by atoms with Crippen LogP contribution in [0.25, 0.3) is 0 Å². The summed E-state index contributed by atoms with van der Waals surface area (Å²) in [4.78, 5) is 0. The van der Waals surface area contributed by atoms with Gasteiger partial charge in [0.1, 0.15) is 23.4 Å². The molecule has 0 spiro atoms. The van der Waals surface area contributed by atoms with E-state index in [2.05, 4.69) is 86.6 Å². The molecule has 0 saturated heterocycles. The molecule has 0 aliphatic heterocycles. The molecule has 0 saturated carbocycles. The van der Waals surface area contributed by atoms with Crippen molar-refractivity contribution in [2.75, 3.05) is 39.6 Å². The quantitative estimate of drug-likeness (QED) is 0.0293. The van der Waals surface area contributed by atoms with Gasteiger partial charge in [-0.05, 0) is 46.2 Å². The maximum atomic E-state index is 10.8. The van der Waals surface area contributed by atoms with E-state index in [1.165, 1.54) is 167 Å². The second-order valence-electron chi connectivity index (χ2n) is 22.8. The van der Waals surface area contributed by atoms with E-state index in [4.69, 9.17) is 18.9 Å². The van der Waals surface area contributed by atoms with Crippen LogP contribution in [0.15, 0.2) is 182 Å². The molecule has 82 heavy (non-hydrogen) atoms. The summed E-state index contributed by atoms with van der Waals surface area (Å²) in [5.74, 6) is 0. The number of ether oxygens (including phenoxy) is 4. The van der Waals surface area contributed by atoms with Crippen LogP contribution >= 0.6 is 0 Å². The fourth-order valence-corrected chi connectivity index (χ4v) is 11.3. The van der Waals surface area contributed by atoms with Crippen LogP contribution in [0.2, 0.25) is 0 Å². The van der Waals surface area contributed by atoms with Crippen LogP contribution in [-0.4, -0.2) is 62.1 Å². The third-order valence-corrected chi connectivity index (χ3v) is 16.0. The van der Waals surface area contributed by atoms with E-state index in [1.54, 1.807) is 0 Å². The van der Waals surface area contributed by atoms with Crippen molar-refractivity contribution >= 4 is 0 Å². The average Bonchev–Trinajstić information content (AvgIpc) is 2.41. The molecule has 6 aromatic carbocycles. The highest BCUT2D eigenvalue weighted by atomic mass is 16.5. The Morgan fingerprint density at radius 2 is 0.439 bits per heavy atom. The molecule has 0 fully saturated rings. The first kappa shape index (κ1) is 67.9. The van der Waals surface area contributed by atoms with E-state index in [0.717, 1.165) is 46.2 Å². The van der Waals surface area contributed by atoms with Gasteiger partial charge in [-0.2, -0.15) is 0 Å². The fraction of sp³-hybridized carbons (Fsp3) is 0.526. The van der Waals surface area contributed by atoms with Crippen molar-refractivity contribution in [3.8, 4) is 0 Å². The van der Waals surface area contributed by atoms with Gasteiger partial charge in [-0.25, -0.2) is 0 Å². The minimum atomic E-state index is -0.820. The largest absolute Gasteiger partial charge is 0.388 e. The minimum absolute atomic E-state index is 0.178. The summed E-state index contributed by atoms with van der Waals surface area (Å²) in [5, 5.41) is 21.6. The number of unbranched alkanes of at least 4 members (excludes halogenated alkanes) is 26. The molecule has 0 aromatic heterocycles. The first-order valence-electron chi connectivity index (χ1n) is 32.7. The van der Waals surface area contributed by atoms with Crippen molar-refractivity contribution < 1.29 is 29.2 Å². The van der Waals surface area contributed by atoms with Crippen LogP contribution in [0.1, 0.15) is 227 Å². The molecule has 448 valence electrons. The average molecular weight is 1120 g/mol. The Hall–Kier alpha value is -4.92. The van der Waals surface area contributed by atoms with Crippen LogP contribution in [0.3, 0.4) is 0 Å². The maximum absolute atomic E-state index is 10.8. The zero-order chi connectivity index (χ0) is 57.7. The number of hydrogen-bond acceptors (Lipinski definition) is 6. The Morgan fingerprint density at radius 1 is 0.256 bits per heavy atom. The van der Waals surface area contributed by atoms with Crippen molar-refractivity contribution in [1.82, 2.24) is 0 Å². The monoisotopic (exact) mass is 1120 g/mol. The summed E-state index contributed by atoms with van der Waals surface area (Å²) in [5.41, 5.74) is 4.57. The molecule has 2 N–H and O–H groups in total. The normalized spacial score (nSPS) is 12.4. The zero-order valence-electron chi connectivity index (χ0n) is 51.0. The maximum Gasteiger partial charge on any atom is 0.143 e. The molecule has 0 aliphatic carbocycles. The number of benzene rings is 6. The first-order valence-corrected chi connectivity index (χ1v) is 32.7. The summed E-state index contributed by atoms with van der Waals surface area (Å²) in [6, 6.07) is 61.7. The van der Waals surface area contributed by atoms with Crippen molar-refractivity contribution in [2.45, 2.75) is 217 Å². The molecular formula is C76H108O6. The standard InChI is InChI=1S/2C38H54O3/c2*1-2-3-4-5-6-7-8-9-10-11-12-13-14-24-31-40-32-37(39)33-41-38(34-25-18-15-19-26-34,35-27-20-16-21-28-35)36-29-22-17-23-30-36/h2*15-23,25-30,37,39H,2-14,24,31-33H2,1H3/t2*37-/m11/s1. The van der Waals surface area contributed by atoms with Gasteiger partial charge in [0.25, 0.3) is 0 Å². The van der Waals surface area contributed by atoms with Crippen molar-refractivity contribution in [2.24, 2.45) is 0 Å². The third kappa shape index (κ3) is 25.5. The van der Waals surface area contributed by atoms with Gasteiger partial charge in [-0.3, -0.25) is 0 Å². The highest BCUT2D eigenvalue weighted by Gasteiger charge is 2.39. The van der Waals surface area contributed by atoms with Gasteiger partial charge in [0, 0.05) is 13.2 Å². The van der Waals surface area contributed by atoms with Crippen LogP contribution in [0, 0.1) is 0 Å². The number of aliphatic hydroxyl groups is 2. The van der Waals surface area contributed by atoms with Gasteiger partial charge in [-0.15, -0.1) is 0 Å². The van der Waals surface area contributed by atoms with Gasteiger partial charge < -0.3 is 29.2 Å². The van der Waals surface area contributed by atoms with E-state index in [0.29, 0.717) is 13.2 Å². The second-order valence-corrected chi connectivity index (χ2v) is 22.8.